The van der Waals surface area contributed by atoms with Crippen LogP contribution < -0.4 is 0 Å². The van der Waals surface area contributed by atoms with Crippen LogP contribution in [0.4, 0.5) is 0 Å². The minimum atomic E-state index is -0.906. The fourth-order valence-corrected chi connectivity index (χ4v) is 3.61. The number of halogens is 1. The second-order valence-electron chi connectivity index (χ2n) is 4.30. The summed E-state index contributed by atoms with van der Waals surface area (Å²) in [7, 11) is 0. The highest BCUT2D eigenvalue weighted by Crippen LogP contribution is 2.35. The highest BCUT2D eigenvalue weighted by atomic mass is 35.5. The van der Waals surface area contributed by atoms with Gasteiger partial charge in [0.15, 0.2) is 0 Å². The van der Waals surface area contributed by atoms with Crippen LogP contribution in [0.3, 0.4) is 0 Å². The van der Waals surface area contributed by atoms with E-state index in [0.29, 0.717) is 27.2 Å². The predicted octanol–water partition coefficient (Wildman–Crippen LogP) is 4.42. The van der Waals surface area contributed by atoms with E-state index in [1.807, 2.05) is 19.9 Å². The fraction of sp³-hybridized carbons (Fsp3) is 0.333. The van der Waals surface area contributed by atoms with Gasteiger partial charge >= 0.3 is 5.97 Å². The fourth-order valence-electron chi connectivity index (χ4n) is 1.58. The normalized spacial score (nSPS) is 11.1. The highest BCUT2D eigenvalue weighted by Gasteiger charge is 2.19. The second kappa shape index (κ2) is 5.38. The number of carbonyl (C=O) groups is 1. The molecule has 2 aromatic rings. The average molecular weight is 302 g/mol. The Hall–Kier alpha value is -0.910. The van der Waals surface area contributed by atoms with Crippen molar-refractivity contribution in [2.24, 2.45) is 5.92 Å². The summed E-state index contributed by atoms with van der Waals surface area (Å²) in [6.45, 7) is 4.10. The Morgan fingerprint density at radius 3 is 2.67 bits per heavy atom. The zero-order valence-electron chi connectivity index (χ0n) is 9.94. The molecule has 96 valence electrons. The van der Waals surface area contributed by atoms with Gasteiger partial charge in [0.25, 0.3) is 0 Å². The Kier molecular flexibility index (Phi) is 4.04. The third kappa shape index (κ3) is 2.91. The summed E-state index contributed by atoms with van der Waals surface area (Å²) >= 11 is 8.51. The van der Waals surface area contributed by atoms with Crippen LogP contribution in [-0.4, -0.2) is 16.1 Å². The van der Waals surface area contributed by atoms with E-state index in [9.17, 15) is 9.90 Å². The van der Waals surface area contributed by atoms with Crippen LogP contribution >= 0.6 is 34.3 Å². The van der Waals surface area contributed by atoms with Gasteiger partial charge in [0.05, 0.1) is 14.9 Å². The smallest absolute Gasteiger partial charge is 0.347 e. The zero-order chi connectivity index (χ0) is 13.3. The largest absolute Gasteiger partial charge is 0.477 e. The first-order valence-corrected chi connectivity index (χ1v) is 7.47. The van der Waals surface area contributed by atoms with Crippen molar-refractivity contribution in [3.8, 4) is 9.88 Å². The van der Waals surface area contributed by atoms with Gasteiger partial charge in [0, 0.05) is 0 Å². The number of rotatable bonds is 4. The van der Waals surface area contributed by atoms with Gasteiger partial charge < -0.3 is 5.11 Å². The monoisotopic (exact) mass is 301 g/mol. The number of aromatic carboxylic acids is 1. The lowest BCUT2D eigenvalue weighted by molar-refractivity contribution is 0.0700. The Morgan fingerprint density at radius 1 is 1.44 bits per heavy atom. The number of hydrogen-bond acceptors (Lipinski definition) is 4. The molecule has 2 heterocycles. The Balaban J connectivity index is 2.42. The molecule has 0 fully saturated rings. The van der Waals surface area contributed by atoms with Gasteiger partial charge in [-0.1, -0.05) is 25.4 Å². The molecule has 0 aliphatic heterocycles. The van der Waals surface area contributed by atoms with Crippen LogP contribution in [0.15, 0.2) is 12.1 Å². The molecule has 0 unspecified atom stereocenters. The molecule has 0 atom stereocenters. The molecule has 0 saturated heterocycles. The van der Waals surface area contributed by atoms with E-state index in [0.717, 1.165) is 9.88 Å². The molecule has 0 aliphatic carbocycles. The number of carboxylic acids is 1. The van der Waals surface area contributed by atoms with E-state index in [2.05, 4.69) is 4.98 Å². The summed E-state index contributed by atoms with van der Waals surface area (Å²) in [6, 6.07) is 3.67. The summed E-state index contributed by atoms with van der Waals surface area (Å²) in [4.78, 5) is 16.9. The molecule has 1 N–H and O–H groups in total. The summed E-state index contributed by atoms with van der Waals surface area (Å²) in [6.07, 6.45) is 0.678. The first kappa shape index (κ1) is 13.5. The van der Waals surface area contributed by atoms with Gasteiger partial charge in [-0.15, -0.1) is 22.7 Å². The van der Waals surface area contributed by atoms with Gasteiger partial charge in [-0.3, -0.25) is 0 Å². The molecule has 6 heteroatoms. The van der Waals surface area contributed by atoms with Crippen molar-refractivity contribution < 1.29 is 9.90 Å². The van der Waals surface area contributed by atoms with Gasteiger partial charge in [0.1, 0.15) is 9.88 Å². The third-order valence-corrected chi connectivity index (χ3v) is 4.76. The molecule has 2 aromatic heterocycles. The molecule has 0 amide bonds. The summed E-state index contributed by atoms with van der Waals surface area (Å²) in [5, 5.41) is 9.93. The SMILES string of the molecule is CC(C)Cc1nc(-c2ccc(Cl)s2)sc1C(=O)O. The molecule has 0 radical (unpaired) electrons. The van der Waals surface area contributed by atoms with Crippen molar-refractivity contribution in [3.05, 3.63) is 27.0 Å². The number of carboxylic acid groups (broad SMARTS) is 1. The molecular formula is C12H12ClNO2S2. The highest BCUT2D eigenvalue weighted by molar-refractivity contribution is 7.24. The lowest BCUT2D eigenvalue weighted by Crippen LogP contribution is -2.02. The number of hydrogen-bond donors (Lipinski definition) is 1. The van der Waals surface area contributed by atoms with Gasteiger partial charge in [-0.05, 0) is 24.5 Å². The van der Waals surface area contributed by atoms with Crippen LogP contribution in [0.25, 0.3) is 9.88 Å². The quantitative estimate of drug-likeness (QED) is 0.909. The summed E-state index contributed by atoms with van der Waals surface area (Å²) in [5.74, 6) is -0.526. The number of thiazole rings is 1. The molecule has 0 saturated carbocycles. The standard InChI is InChI=1S/C12H12ClNO2S2/c1-6(2)5-7-10(12(15)16)18-11(14-7)8-3-4-9(13)17-8/h3-4,6H,5H2,1-2H3,(H,15,16). The first-order chi connectivity index (χ1) is 8.47. The molecule has 0 bridgehead atoms. The number of thiophene rings is 1. The Labute approximate surface area is 118 Å². The number of aromatic nitrogens is 1. The van der Waals surface area contributed by atoms with E-state index in [1.165, 1.54) is 22.7 Å². The maximum absolute atomic E-state index is 11.2. The average Bonchev–Trinajstić information content (AvgIpc) is 2.83. The van der Waals surface area contributed by atoms with E-state index >= 15 is 0 Å². The molecule has 0 spiro atoms. The van der Waals surface area contributed by atoms with Crippen molar-refractivity contribution >= 4 is 40.2 Å². The molecule has 0 aliphatic rings. The van der Waals surface area contributed by atoms with Crippen LogP contribution in [0, 0.1) is 5.92 Å². The van der Waals surface area contributed by atoms with Gasteiger partial charge in [-0.25, -0.2) is 9.78 Å². The lowest BCUT2D eigenvalue weighted by Gasteiger charge is -2.01. The number of nitrogens with zero attached hydrogens (tertiary/aromatic N) is 1. The zero-order valence-corrected chi connectivity index (χ0v) is 12.3. The molecular weight excluding hydrogens is 290 g/mol. The predicted molar refractivity (Wildman–Crippen MR) is 75.9 cm³/mol. The maximum Gasteiger partial charge on any atom is 0.347 e. The Morgan fingerprint density at radius 2 is 2.17 bits per heavy atom. The third-order valence-electron chi connectivity index (χ3n) is 2.28. The first-order valence-electron chi connectivity index (χ1n) is 5.46. The van der Waals surface area contributed by atoms with E-state index < -0.39 is 5.97 Å². The van der Waals surface area contributed by atoms with Crippen LogP contribution in [0.2, 0.25) is 4.34 Å². The van der Waals surface area contributed by atoms with E-state index in [4.69, 9.17) is 11.6 Å². The van der Waals surface area contributed by atoms with E-state index in [-0.39, 0.29) is 0 Å². The molecule has 0 aromatic carbocycles. The van der Waals surface area contributed by atoms with E-state index in [1.54, 1.807) is 6.07 Å². The molecule has 2 rings (SSSR count). The summed E-state index contributed by atoms with van der Waals surface area (Å²) < 4.78 is 0.683. The van der Waals surface area contributed by atoms with Crippen molar-refractivity contribution in [1.82, 2.24) is 4.98 Å². The maximum atomic E-state index is 11.2. The van der Waals surface area contributed by atoms with Crippen LogP contribution in [0.1, 0.15) is 29.2 Å². The van der Waals surface area contributed by atoms with Crippen molar-refractivity contribution in [1.29, 1.82) is 0 Å². The van der Waals surface area contributed by atoms with Crippen molar-refractivity contribution in [2.75, 3.05) is 0 Å². The molecule has 3 nitrogen and oxygen atoms in total. The van der Waals surface area contributed by atoms with Gasteiger partial charge in [-0.2, -0.15) is 0 Å². The lowest BCUT2D eigenvalue weighted by atomic mass is 10.1. The summed E-state index contributed by atoms with van der Waals surface area (Å²) in [5.41, 5.74) is 0.669. The minimum absolute atomic E-state index is 0.336. The molecule has 18 heavy (non-hydrogen) atoms. The van der Waals surface area contributed by atoms with Crippen LogP contribution in [-0.2, 0) is 6.42 Å². The van der Waals surface area contributed by atoms with Gasteiger partial charge in [0.2, 0.25) is 0 Å². The van der Waals surface area contributed by atoms with Crippen LogP contribution in [0.5, 0.6) is 0 Å². The topological polar surface area (TPSA) is 50.2 Å². The van der Waals surface area contributed by atoms with Crippen molar-refractivity contribution in [3.63, 3.8) is 0 Å². The second-order valence-corrected chi connectivity index (χ2v) is 7.02. The minimum Gasteiger partial charge on any atom is -0.477 e. The van der Waals surface area contributed by atoms with Crippen molar-refractivity contribution in [2.45, 2.75) is 20.3 Å². The Bertz CT molecular complexity index is 574.